The monoisotopic (exact) mass is 310 g/mol. The molecule has 0 aliphatic carbocycles. The number of nitro benzene ring substituents is 1. The van der Waals surface area contributed by atoms with E-state index in [0.29, 0.717) is 5.75 Å². The van der Waals surface area contributed by atoms with Gasteiger partial charge in [-0.25, -0.2) is 0 Å². The number of hydrogen-bond donors (Lipinski definition) is 1. The summed E-state index contributed by atoms with van der Waals surface area (Å²) in [7, 11) is 0. The van der Waals surface area contributed by atoms with Crippen LogP contribution < -0.4 is 5.32 Å². The average molecular weight is 310 g/mol. The molecule has 1 aromatic rings. The van der Waals surface area contributed by atoms with Crippen LogP contribution in [-0.4, -0.2) is 22.6 Å². The average Bonchev–Trinajstić information content (AvgIpc) is 2.50. The van der Waals surface area contributed by atoms with Crippen molar-refractivity contribution in [2.24, 2.45) is 0 Å². The Morgan fingerprint density at radius 2 is 2.05 bits per heavy atom. The zero-order valence-corrected chi connectivity index (χ0v) is 13.5. The van der Waals surface area contributed by atoms with Gasteiger partial charge in [0.1, 0.15) is 0 Å². The minimum absolute atomic E-state index is 0.0194. The number of nitro groups is 1. The lowest BCUT2D eigenvalue weighted by Crippen LogP contribution is -2.35. The van der Waals surface area contributed by atoms with Crippen molar-refractivity contribution in [3.8, 4) is 0 Å². The van der Waals surface area contributed by atoms with Crippen LogP contribution in [0.4, 0.5) is 5.69 Å². The van der Waals surface area contributed by atoms with Gasteiger partial charge in [0.25, 0.3) is 5.69 Å². The Balaban J connectivity index is 2.53. The lowest BCUT2D eigenvalue weighted by molar-refractivity contribution is -0.384. The predicted octanol–water partition coefficient (Wildman–Crippen LogP) is 3.69. The summed E-state index contributed by atoms with van der Waals surface area (Å²) < 4.78 is 0. The molecule has 0 aliphatic rings. The van der Waals surface area contributed by atoms with Crippen molar-refractivity contribution in [3.05, 3.63) is 39.9 Å². The first-order chi connectivity index (χ1) is 9.97. The van der Waals surface area contributed by atoms with Gasteiger partial charge < -0.3 is 5.32 Å². The fraction of sp³-hybridized carbons (Fsp3) is 0.533. The molecule has 0 heterocycles. The van der Waals surface area contributed by atoms with Gasteiger partial charge in [-0.2, -0.15) is 0 Å². The normalized spacial score (nSPS) is 12.2. The number of amides is 1. The number of non-ortho nitro benzene ring substituents is 1. The van der Waals surface area contributed by atoms with Gasteiger partial charge in [-0.05, 0) is 25.3 Å². The van der Waals surface area contributed by atoms with E-state index < -0.39 is 4.92 Å². The highest BCUT2D eigenvalue weighted by Gasteiger charge is 2.14. The van der Waals surface area contributed by atoms with Gasteiger partial charge in [0.2, 0.25) is 5.91 Å². The molecule has 1 atom stereocenters. The van der Waals surface area contributed by atoms with Crippen LogP contribution in [-0.2, 0) is 4.79 Å². The first-order valence-electron chi connectivity index (χ1n) is 7.13. The van der Waals surface area contributed by atoms with Gasteiger partial charge in [0.15, 0.2) is 0 Å². The van der Waals surface area contributed by atoms with E-state index in [0.717, 1.165) is 18.4 Å². The van der Waals surface area contributed by atoms with E-state index in [1.165, 1.54) is 17.8 Å². The molecule has 116 valence electrons. The largest absolute Gasteiger partial charge is 0.353 e. The number of thioether (sulfide) groups is 1. The Labute approximate surface area is 129 Å². The molecule has 0 unspecified atom stereocenters. The van der Waals surface area contributed by atoms with Gasteiger partial charge in [-0.1, -0.05) is 26.0 Å². The zero-order valence-electron chi connectivity index (χ0n) is 12.7. The maximum atomic E-state index is 11.8. The van der Waals surface area contributed by atoms with Crippen molar-refractivity contribution in [3.63, 3.8) is 0 Å². The second-order valence-corrected chi connectivity index (χ2v) is 6.22. The molecular formula is C15H22N2O3S. The molecule has 6 heteroatoms. The van der Waals surface area contributed by atoms with Crippen LogP contribution in [0.25, 0.3) is 0 Å². The van der Waals surface area contributed by atoms with Gasteiger partial charge >= 0.3 is 0 Å². The highest BCUT2D eigenvalue weighted by Crippen LogP contribution is 2.29. The quantitative estimate of drug-likeness (QED) is 0.587. The second kappa shape index (κ2) is 8.67. The Morgan fingerprint density at radius 3 is 2.62 bits per heavy atom. The fourth-order valence-corrected chi connectivity index (χ4v) is 2.77. The van der Waals surface area contributed by atoms with Crippen molar-refractivity contribution in [2.75, 3.05) is 5.75 Å². The molecule has 1 rings (SSSR count). The Hall–Kier alpha value is -1.56. The number of benzene rings is 1. The Bertz CT molecular complexity index is 490. The number of nitrogens with one attached hydrogen (secondary N) is 1. The highest BCUT2D eigenvalue weighted by molar-refractivity contribution is 8.00. The maximum Gasteiger partial charge on any atom is 0.269 e. The number of rotatable bonds is 8. The fourth-order valence-electron chi connectivity index (χ4n) is 1.95. The van der Waals surface area contributed by atoms with Crippen LogP contribution >= 0.6 is 11.8 Å². The van der Waals surface area contributed by atoms with Crippen LogP contribution in [0.3, 0.4) is 0 Å². The summed E-state index contributed by atoms with van der Waals surface area (Å²) in [5.41, 5.74) is 0.950. The topological polar surface area (TPSA) is 72.2 Å². The highest BCUT2D eigenvalue weighted by atomic mass is 32.2. The van der Waals surface area contributed by atoms with E-state index in [9.17, 15) is 14.9 Å². The first kappa shape index (κ1) is 17.5. The molecule has 0 saturated heterocycles. The molecule has 1 amide bonds. The molecule has 5 nitrogen and oxygen atoms in total. The summed E-state index contributed by atoms with van der Waals surface area (Å²) in [6.45, 7) is 6.05. The van der Waals surface area contributed by atoms with Crippen molar-refractivity contribution in [1.82, 2.24) is 5.32 Å². The number of hydrogen-bond acceptors (Lipinski definition) is 4. The molecule has 1 aromatic carbocycles. The van der Waals surface area contributed by atoms with Crippen LogP contribution in [0.5, 0.6) is 0 Å². The molecule has 0 bridgehead atoms. The van der Waals surface area contributed by atoms with E-state index >= 15 is 0 Å². The third kappa shape index (κ3) is 5.75. The zero-order chi connectivity index (χ0) is 15.8. The molecule has 21 heavy (non-hydrogen) atoms. The summed E-state index contributed by atoms with van der Waals surface area (Å²) in [6, 6.07) is 6.79. The number of carbonyl (C=O) groups excluding carboxylic acids is 1. The molecule has 0 radical (unpaired) electrons. The summed E-state index contributed by atoms with van der Waals surface area (Å²) in [4.78, 5) is 22.2. The van der Waals surface area contributed by atoms with Crippen LogP contribution in [0, 0.1) is 10.1 Å². The van der Waals surface area contributed by atoms with Crippen molar-refractivity contribution in [1.29, 1.82) is 0 Å². The SMILES string of the molecule is CCC(CC)NC(=O)CS[C@H](C)c1cccc([N+](=O)[O-])c1. The van der Waals surface area contributed by atoms with Crippen LogP contribution in [0.2, 0.25) is 0 Å². The van der Waals surface area contributed by atoms with Gasteiger partial charge in [0, 0.05) is 23.4 Å². The molecule has 0 fully saturated rings. The molecule has 1 N–H and O–H groups in total. The van der Waals surface area contributed by atoms with E-state index in [1.54, 1.807) is 12.1 Å². The van der Waals surface area contributed by atoms with Gasteiger partial charge in [-0.3, -0.25) is 14.9 Å². The minimum Gasteiger partial charge on any atom is -0.353 e. The lowest BCUT2D eigenvalue weighted by Gasteiger charge is -2.16. The second-order valence-electron chi connectivity index (χ2n) is 4.89. The first-order valence-corrected chi connectivity index (χ1v) is 8.18. The van der Waals surface area contributed by atoms with Gasteiger partial charge in [-0.15, -0.1) is 11.8 Å². The Kier molecular flexibility index (Phi) is 7.22. The van der Waals surface area contributed by atoms with Crippen LogP contribution in [0.15, 0.2) is 24.3 Å². The predicted molar refractivity (Wildman–Crippen MR) is 86.5 cm³/mol. The molecule has 0 aromatic heterocycles. The number of carbonyl (C=O) groups is 1. The van der Waals surface area contributed by atoms with E-state index in [4.69, 9.17) is 0 Å². The maximum absolute atomic E-state index is 11.8. The van der Waals surface area contributed by atoms with Crippen LogP contribution in [0.1, 0.15) is 44.4 Å². The molecule has 0 saturated carbocycles. The Morgan fingerprint density at radius 1 is 1.38 bits per heavy atom. The van der Waals surface area contributed by atoms with Gasteiger partial charge in [0.05, 0.1) is 10.7 Å². The lowest BCUT2D eigenvalue weighted by atomic mass is 10.1. The number of nitrogens with zero attached hydrogens (tertiary/aromatic N) is 1. The molecular weight excluding hydrogens is 288 g/mol. The smallest absolute Gasteiger partial charge is 0.269 e. The summed E-state index contributed by atoms with van der Waals surface area (Å²) in [5.74, 6) is 0.381. The minimum atomic E-state index is -0.402. The van der Waals surface area contributed by atoms with E-state index in [-0.39, 0.29) is 22.9 Å². The summed E-state index contributed by atoms with van der Waals surface area (Å²) >= 11 is 1.49. The molecule has 0 aliphatic heterocycles. The van der Waals surface area contributed by atoms with Crippen molar-refractivity contribution < 1.29 is 9.72 Å². The third-order valence-electron chi connectivity index (χ3n) is 3.37. The van der Waals surface area contributed by atoms with Crippen molar-refractivity contribution in [2.45, 2.75) is 44.9 Å². The third-order valence-corrected chi connectivity index (χ3v) is 4.57. The molecule has 0 spiro atoms. The van der Waals surface area contributed by atoms with Crippen molar-refractivity contribution >= 4 is 23.4 Å². The summed E-state index contributed by atoms with van der Waals surface area (Å²) in [6.07, 6.45) is 1.85. The van der Waals surface area contributed by atoms with E-state index in [1.807, 2.05) is 26.8 Å². The van der Waals surface area contributed by atoms with E-state index in [2.05, 4.69) is 5.32 Å². The standard InChI is InChI=1S/C15H22N2O3S/c1-4-13(5-2)16-15(18)10-21-11(3)12-7-6-8-14(9-12)17(19)20/h6-9,11,13H,4-5,10H2,1-3H3,(H,16,18)/t11-/m1/s1. The summed E-state index contributed by atoms with van der Waals surface area (Å²) in [5, 5.41) is 13.8.